The lowest BCUT2D eigenvalue weighted by molar-refractivity contribution is 0.102. The Balaban J connectivity index is 1.33. The number of morpholine rings is 1. The highest BCUT2D eigenvalue weighted by Crippen LogP contribution is 2.24. The van der Waals surface area contributed by atoms with Crippen LogP contribution in [0.15, 0.2) is 23.7 Å². The monoisotopic (exact) mass is 415 g/mol. The first-order valence-electron chi connectivity index (χ1n) is 10.3. The van der Waals surface area contributed by atoms with E-state index in [1.54, 1.807) is 6.20 Å². The molecule has 4 rings (SSSR count). The fourth-order valence-electron chi connectivity index (χ4n) is 4.26. The average molecular weight is 416 g/mol. The van der Waals surface area contributed by atoms with E-state index in [4.69, 9.17) is 4.74 Å². The van der Waals surface area contributed by atoms with E-state index in [9.17, 15) is 4.79 Å². The Bertz CT molecular complexity index is 809. The van der Waals surface area contributed by atoms with Crippen LogP contribution in [0.5, 0.6) is 0 Å². The van der Waals surface area contributed by atoms with Crippen LogP contribution in [0.4, 0.5) is 10.9 Å². The summed E-state index contributed by atoms with van der Waals surface area (Å²) in [5, 5.41) is 5.59. The molecule has 7 nitrogen and oxygen atoms in total. The normalized spacial score (nSPS) is 23.2. The predicted octanol–water partition coefficient (Wildman–Crippen LogP) is 3.10. The molecule has 0 spiro atoms. The number of carbonyl (C=O) groups excluding carboxylic acids is 1. The van der Waals surface area contributed by atoms with Gasteiger partial charge in [0, 0.05) is 44.3 Å². The van der Waals surface area contributed by atoms with Crippen LogP contribution in [-0.2, 0) is 11.3 Å². The molecule has 0 bridgehead atoms. The lowest BCUT2D eigenvalue weighted by Gasteiger charge is -2.34. The van der Waals surface area contributed by atoms with Gasteiger partial charge in [-0.25, -0.2) is 9.97 Å². The third-order valence-electron chi connectivity index (χ3n) is 5.45. The molecule has 2 aromatic heterocycles. The predicted molar refractivity (Wildman–Crippen MR) is 116 cm³/mol. The quantitative estimate of drug-likeness (QED) is 0.809. The maximum atomic E-state index is 12.6. The molecule has 1 N–H and O–H groups in total. The van der Waals surface area contributed by atoms with E-state index >= 15 is 0 Å². The molecule has 2 fully saturated rings. The van der Waals surface area contributed by atoms with Crippen molar-refractivity contribution in [1.29, 1.82) is 0 Å². The van der Waals surface area contributed by atoms with E-state index in [1.807, 2.05) is 17.5 Å². The topological polar surface area (TPSA) is 70.6 Å². The van der Waals surface area contributed by atoms with Gasteiger partial charge in [-0.05, 0) is 30.4 Å². The number of ether oxygens (including phenoxy) is 1. The molecule has 0 unspecified atom stereocenters. The van der Waals surface area contributed by atoms with Gasteiger partial charge in [0.05, 0.1) is 24.5 Å². The Morgan fingerprint density at radius 2 is 2.00 bits per heavy atom. The van der Waals surface area contributed by atoms with Crippen LogP contribution in [-0.4, -0.2) is 60.2 Å². The van der Waals surface area contributed by atoms with Crippen molar-refractivity contribution in [3.05, 3.63) is 35.0 Å². The van der Waals surface area contributed by atoms with Crippen LogP contribution in [0.1, 0.15) is 36.3 Å². The Kier molecular flexibility index (Phi) is 6.42. The van der Waals surface area contributed by atoms with Crippen LogP contribution in [0, 0.1) is 11.8 Å². The number of amides is 1. The van der Waals surface area contributed by atoms with Gasteiger partial charge in [-0.2, -0.15) is 0 Å². The summed E-state index contributed by atoms with van der Waals surface area (Å²) in [5.74, 6) is 2.16. The lowest BCUT2D eigenvalue weighted by Crippen LogP contribution is -2.38. The van der Waals surface area contributed by atoms with E-state index in [0.717, 1.165) is 56.1 Å². The summed E-state index contributed by atoms with van der Waals surface area (Å²) in [5.41, 5.74) is 1.56. The minimum Gasteiger partial charge on any atom is -0.378 e. The van der Waals surface area contributed by atoms with Crippen molar-refractivity contribution in [3.8, 4) is 0 Å². The van der Waals surface area contributed by atoms with Crippen LogP contribution in [0.2, 0.25) is 0 Å². The van der Waals surface area contributed by atoms with Crippen molar-refractivity contribution >= 4 is 28.2 Å². The summed E-state index contributed by atoms with van der Waals surface area (Å²) in [7, 11) is 0. The van der Waals surface area contributed by atoms with Crippen LogP contribution >= 0.6 is 11.3 Å². The van der Waals surface area contributed by atoms with Crippen molar-refractivity contribution in [2.75, 3.05) is 49.6 Å². The van der Waals surface area contributed by atoms with Crippen LogP contribution in [0.25, 0.3) is 0 Å². The Morgan fingerprint density at radius 1 is 1.24 bits per heavy atom. The minimum absolute atomic E-state index is 0.174. The Labute approximate surface area is 176 Å². The second-order valence-corrected chi connectivity index (χ2v) is 9.10. The molecule has 2 saturated heterocycles. The smallest absolute Gasteiger partial charge is 0.259 e. The van der Waals surface area contributed by atoms with Crippen LogP contribution in [0.3, 0.4) is 0 Å². The number of anilines is 2. The molecule has 0 aliphatic carbocycles. The molecule has 2 aromatic rings. The van der Waals surface area contributed by atoms with Gasteiger partial charge in [-0.3, -0.25) is 15.0 Å². The molecule has 29 heavy (non-hydrogen) atoms. The summed E-state index contributed by atoms with van der Waals surface area (Å²) in [6, 6.07) is 3.71. The molecule has 0 aromatic carbocycles. The third-order valence-corrected chi connectivity index (χ3v) is 6.25. The molecule has 1 amide bonds. The number of nitrogens with one attached hydrogen (secondary N) is 1. The van der Waals surface area contributed by atoms with Crippen LogP contribution < -0.4 is 10.2 Å². The largest absolute Gasteiger partial charge is 0.378 e. The lowest BCUT2D eigenvalue weighted by atomic mass is 9.92. The number of carbonyl (C=O) groups is 1. The number of rotatable bonds is 5. The Morgan fingerprint density at radius 3 is 2.69 bits per heavy atom. The first-order chi connectivity index (χ1) is 14.1. The number of nitrogens with zero attached hydrogens (tertiary/aromatic N) is 4. The maximum Gasteiger partial charge on any atom is 0.259 e. The number of thiazole rings is 1. The molecule has 0 saturated carbocycles. The van der Waals surface area contributed by atoms with Gasteiger partial charge < -0.3 is 9.64 Å². The number of pyridine rings is 1. The van der Waals surface area contributed by atoms with E-state index in [1.165, 1.54) is 17.8 Å². The molecule has 2 atom stereocenters. The van der Waals surface area contributed by atoms with Crippen molar-refractivity contribution < 1.29 is 9.53 Å². The minimum atomic E-state index is -0.174. The molecular weight excluding hydrogens is 386 g/mol. The second kappa shape index (κ2) is 9.19. The van der Waals surface area contributed by atoms with E-state index in [2.05, 4.69) is 38.9 Å². The molecule has 2 aliphatic rings. The zero-order valence-corrected chi connectivity index (χ0v) is 18.0. The standard InChI is InChI=1S/C21H29N5O2S/c1-15-9-16(2)12-25(11-15)13-18-14-29-21(23-18)24-20(27)17-3-4-19(22-10-17)26-5-7-28-8-6-26/h3-4,10,14-16H,5-9,11-13H2,1-2H3,(H,23,24,27)/t15-,16+. The number of likely N-dealkylation sites (tertiary alicyclic amines) is 1. The summed E-state index contributed by atoms with van der Waals surface area (Å²) in [4.78, 5) is 26.3. The Hall–Kier alpha value is -2.03. The van der Waals surface area contributed by atoms with Gasteiger partial charge in [-0.15, -0.1) is 11.3 Å². The van der Waals surface area contributed by atoms with Gasteiger partial charge in [0.1, 0.15) is 5.82 Å². The molecule has 0 radical (unpaired) electrons. The average Bonchev–Trinajstić information content (AvgIpc) is 3.14. The molecule has 156 valence electrons. The summed E-state index contributed by atoms with van der Waals surface area (Å²) in [6.45, 7) is 10.8. The van der Waals surface area contributed by atoms with E-state index in [-0.39, 0.29) is 5.91 Å². The fourth-order valence-corrected chi connectivity index (χ4v) is 4.95. The molecular formula is C21H29N5O2S. The zero-order valence-electron chi connectivity index (χ0n) is 17.1. The number of piperidine rings is 1. The maximum absolute atomic E-state index is 12.6. The first-order valence-corrected chi connectivity index (χ1v) is 11.2. The zero-order chi connectivity index (χ0) is 20.2. The van der Waals surface area contributed by atoms with Gasteiger partial charge >= 0.3 is 0 Å². The first kappa shape index (κ1) is 20.3. The summed E-state index contributed by atoms with van der Waals surface area (Å²) in [6.07, 6.45) is 2.93. The number of aromatic nitrogens is 2. The molecule has 2 aliphatic heterocycles. The van der Waals surface area contributed by atoms with Crippen molar-refractivity contribution in [1.82, 2.24) is 14.9 Å². The molecule has 4 heterocycles. The summed E-state index contributed by atoms with van der Waals surface area (Å²) >= 11 is 1.48. The second-order valence-electron chi connectivity index (χ2n) is 8.24. The summed E-state index contributed by atoms with van der Waals surface area (Å²) < 4.78 is 5.37. The van der Waals surface area contributed by atoms with Gasteiger partial charge in [0.2, 0.25) is 0 Å². The van der Waals surface area contributed by atoms with Gasteiger partial charge in [0.15, 0.2) is 5.13 Å². The van der Waals surface area contributed by atoms with Gasteiger partial charge in [0.25, 0.3) is 5.91 Å². The van der Waals surface area contributed by atoms with E-state index < -0.39 is 0 Å². The number of hydrogen-bond donors (Lipinski definition) is 1. The van der Waals surface area contributed by atoms with Crippen molar-refractivity contribution in [2.24, 2.45) is 11.8 Å². The van der Waals surface area contributed by atoms with Gasteiger partial charge in [-0.1, -0.05) is 13.8 Å². The molecule has 8 heteroatoms. The highest BCUT2D eigenvalue weighted by atomic mass is 32.1. The highest BCUT2D eigenvalue weighted by Gasteiger charge is 2.22. The number of hydrogen-bond acceptors (Lipinski definition) is 7. The highest BCUT2D eigenvalue weighted by molar-refractivity contribution is 7.13. The SMILES string of the molecule is C[C@@H]1C[C@H](C)CN(Cc2csc(NC(=O)c3ccc(N4CCOCC4)nc3)n2)C1. The third kappa shape index (κ3) is 5.32. The fraction of sp³-hybridized carbons (Fsp3) is 0.571. The van der Waals surface area contributed by atoms with Crippen molar-refractivity contribution in [3.63, 3.8) is 0 Å². The van der Waals surface area contributed by atoms with Crippen molar-refractivity contribution in [2.45, 2.75) is 26.8 Å². The van der Waals surface area contributed by atoms with E-state index in [0.29, 0.717) is 23.9 Å².